The van der Waals surface area contributed by atoms with Crippen LogP contribution in [0.2, 0.25) is 0 Å². The summed E-state index contributed by atoms with van der Waals surface area (Å²) in [6.45, 7) is 4.09. The zero-order valence-electron chi connectivity index (χ0n) is 10.6. The summed E-state index contributed by atoms with van der Waals surface area (Å²) in [5, 5.41) is 12.6. The Morgan fingerprint density at radius 3 is 2.32 bits per heavy atom. The van der Waals surface area contributed by atoms with E-state index in [1.165, 1.54) is 0 Å². The van der Waals surface area contributed by atoms with Gasteiger partial charge in [-0.05, 0) is 65.2 Å². The summed E-state index contributed by atoms with van der Waals surface area (Å²) >= 11 is 6.88. The molecule has 0 saturated heterocycles. The standard InChI is InChI=1S/C15H12Br2N2/c1-9-6-11(16)7-10(2)15(9)19-14-5-3-4-13(17)12(14)8-18/h3-7,19H,1-2H3. The van der Waals surface area contributed by atoms with Gasteiger partial charge in [0, 0.05) is 14.6 Å². The molecule has 2 aromatic rings. The Hall–Kier alpha value is -1.31. The van der Waals surface area contributed by atoms with E-state index in [9.17, 15) is 5.26 Å². The number of aryl methyl sites for hydroxylation is 2. The molecule has 2 rings (SSSR count). The first kappa shape index (κ1) is 14.1. The Labute approximate surface area is 129 Å². The Kier molecular flexibility index (Phi) is 4.28. The van der Waals surface area contributed by atoms with Crippen LogP contribution >= 0.6 is 31.9 Å². The van der Waals surface area contributed by atoms with Gasteiger partial charge in [-0.25, -0.2) is 0 Å². The summed E-state index contributed by atoms with van der Waals surface area (Å²) in [5.74, 6) is 0. The van der Waals surface area contributed by atoms with E-state index in [-0.39, 0.29) is 0 Å². The summed E-state index contributed by atoms with van der Waals surface area (Å²) in [4.78, 5) is 0. The SMILES string of the molecule is Cc1cc(Br)cc(C)c1Nc1cccc(Br)c1C#N. The smallest absolute Gasteiger partial charge is 0.103 e. The molecule has 4 heteroatoms. The van der Waals surface area contributed by atoms with Crippen molar-refractivity contribution in [2.24, 2.45) is 0 Å². The second-order valence-electron chi connectivity index (χ2n) is 4.31. The lowest BCUT2D eigenvalue weighted by Crippen LogP contribution is -1.99. The van der Waals surface area contributed by atoms with Gasteiger partial charge < -0.3 is 5.32 Å². The fraction of sp³-hybridized carbons (Fsp3) is 0.133. The van der Waals surface area contributed by atoms with E-state index < -0.39 is 0 Å². The topological polar surface area (TPSA) is 35.8 Å². The monoisotopic (exact) mass is 378 g/mol. The van der Waals surface area contributed by atoms with Crippen LogP contribution in [-0.4, -0.2) is 0 Å². The minimum atomic E-state index is 0.615. The normalized spacial score (nSPS) is 10.1. The van der Waals surface area contributed by atoms with Gasteiger partial charge in [-0.1, -0.05) is 22.0 Å². The van der Waals surface area contributed by atoms with Gasteiger partial charge in [0.05, 0.1) is 11.3 Å². The number of nitriles is 1. The van der Waals surface area contributed by atoms with Crippen LogP contribution in [0, 0.1) is 25.2 Å². The molecule has 0 aliphatic heterocycles. The molecule has 0 fully saturated rings. The minimum Gasteiger partial charge on any atom is -0.354 e. The van der Waals surface area contributed by atoms with Gasteiger partial charge in [0.15, 0.2) is 0 Å². The molecule has 19 heavy (non-hydrogen) atoms. The Morgan fingerprint density at radius 1 is 1.11 bits per heavy atom. The van der Waals surface area contributed by atoms with Crippen LogP contribution in [0.3, 0.4) is 0 Å². The fourth-order valence-electron chi connectivity index (χ4n) is 1.98. The maximum Gasteiger partial charge on any atom is 0.103 e. The maximum absolute atomic E-state index is 9.23. The highest BCUT2D eigenvalue weighted by Crippen LogP contribution is 2.31. The molecule has 0 spiro atoms. The second-order valence-corrected chi connectivity index (χ2v) is 6.08. The molecule has 96 valence electrons. The Balaban J connectivity index is 2.49. The van der Waals surface area contributed by atoms with Gasteiger partial charge in [-0.15, -0.1) is 0 Å². The summed E-state index contributed by atoms with van der Waals surface area (Å²) in [6, 6.07) is 12.0. The van der Waals surface area contributed by atoms with Gasteiger partial charge in [0.2, 0.25) is 0 Å². The summed E-state index contributed by atoms with van der Waals surface area (Å²) in [6.07, 6.45) is 0. The van der Waals surface area contributed by atoms with Crippen LogP contribution in [0.5, 0.6) is 0 Å². The fourth-order valence-corrected chi connectivity index (χ4v) is 3.13. The van der Waals surface area contributed by atoms with Crippen LogP contribution in [-0.2, 0) is 0 Å². The molecular weight excluding hydrogens is 368 g/mol. The number of anilines is 2. The van der Waals surface area contributed by atoms with Crippen LogP contribution in [0.15, 0.2) is 39.3 Å². The quantitative estimate of drug-likeness (QED) is 0.753. The van der Waals surface area contributed by atoms with E-state index in [0.717, 1.165) is 31.4 Å². The number of hydrogen-bond acceptors (Lipinski definition) is 2. The largest absolute Gasteiger partial charge is 0.354 e. The Morgan fingerprint density at radius 2 is 1.74 bits per heavy atom. The molecule has 2 nitrogen and oxygen atoms in total. The molecule has 0 aromatic heterocycles. The molecule has 0 aliphatic rings. The molecule has 0 bridgehead atoms. The summed E-state index contributed by atoms with van der Waals surface area (Å²) < 4.78 is 1.86. The van der Waals surface area contributed by atoms with E-state index in [1.54, 1.807) is 0 Å². The molecule has 1 N–H and O–H groups in total. The first-order valence-corrected chi connectivity index (χ1v) is 7.34. The van der Waals surface area contributed by atoms with Gasteiger partial charge in [-0.3, -0.25) is 0 Å². The van der Waals surface area contributed by atoms with Crippen LogP contribution in [0.25, 0.3) is 0 Å². The highest BCUT2D eigenvalue weighted by atomic mass is 79.9. The first-order valence-electron chi connectivity index (χ1n) is 5.75. The minimum absolute atomic E-state index is 0.615. The van der Waals surface area contributed by atoms with Crippen molar-refractivity contribution in [2.45, 2.75) is 13.8 Å². The first-order chi connectivity index (χ1) is 9.02. The van der Waals surface area contributed by atoms with Gasteiger partial charge >= 0.3 is 0 Å². The number of hydrogen-bond donors (Lipinski definition) is 1. The van der Waals surface area contributed by atoms with E-state index >= 15 is 0 Å². The molecule has 0 radical (unpaired) electrons. The summed E-state index contributed by atoms with van der Waals surface area (Å²) in [7, 11) is 0. The molecule has 0 heterocycles. The zero-order chi connectivity index (χ0) is 14.0. The molecule has 0 atom stereocenters. The molecule has 0 unspecified atom stereocenters. The molecule has 0 amide bonds. The summed E-state index contributed by atoms with van der Waals surface area (Å²) in [5.41, 5.74) is 4.74. The van der Waals surface area contributed by atoms with Gasteiger partial charge in [0.25, 0.3) is 0 Å². The third kappa shape index (κ3) is 2.99. The number of nitrogens with zero attached hydrogens (tertiary/aromatic N) is 1. The van der Waals surface area contributed by atoms with E-state index in [1.807, 2.05) is 32.0 Å². The predicted octanol–water partition coefficient (Wildman–Crippen LogP) is 5.44. The predicted molar refractivity (Wildman–Crippen MR) is 85.8 cm³/mol. The van der Waals surface area contributed by atoms with Crippen molar-refractivity contribution in [3.05, 3.63) is 56.0 Å². The maximum atomic E-state index is 9.23. The third-order valence-corrected chi connectivity index (χ3v) is 4.00. The molecule has 0 aliphatic carbocycles. The van der Waals surface area contributed by atoms with Crippen molar-refractivity contribution in [3.8, 4) is 6.07 Å². The highest BCUT2D eigenvalue weighted by Gasteiger charge is 2.09. The third-order valence-electron chi connectivity index (χ3n) is 2.88. The van der Waals surface area contributed by atoms with Crippen LogP contribution < -0.4 is 5.32 Å². The van der Waals surface area contributed by atoms with E-state index in [0.29, 0.717) is 5.56 Å². The number of nitrogens with one attached hydrogen (secondary N) is 1. The lowest BCUT2D eigenvalue weighted by molar-refractivity contribution is 1.34. The van der Waals surface area contributed by atoms with Crippen molar-refractivity contribution in [2.75, 3.05) is 5.32 Å². The average molecular weight is 380 g/mol. The van der Waals surface area contributed by atoms with Crippen molar-refractivity contribution in [1.29, 1.82) is 5.26 Å². The van der Waals surface area contributed by atoms with Crippen LogP contribution in [0.4, 0.5) is 11.4 Å². The average Bonchev–Trinajstić information content (AvgIpc) is 2.34. The molecule has 2 aromatic carbocycles. The van der Waals surface area contributed by atoms with Crippen LogP contribution in [0.1, 0.15) is 16.7 Å². The zero-order valence-corrected chi connectivity index (χ0v) is 13.8. The molecular formula is C15H12Br2N2. The highest BCUT2D eigenvalue weighted by molar-refractivity contribution is 9.10. The lowest BCUT2D eigenvalue weighted by Gasteiger charge is -2.15. The van der Waals surface area contributed by atoms with Crippen molar-refractivity contribution >= 4 is 43.2 Å². The van der Waals surface area contributed by atoms with Crippen molar-refractivity contribution in [3.63, 3.8) is 0 Å². The second kappa shape index (κ2) is 5.77. The number of halogens is 2. The van der Waals surface area contributed by atoms with Crippen molar-refractivity contribution < 1.29 is 0 Å². The van der Waals surface area contributed by atoms with E-state index in [4.69, 9.17) is 0 Å². The Bertz CT molecular complexity index is 649. The van der Waals surface area contributed by atoms with E-state index in [2.05, 4.69) is 55.4 Å². The number of benzene rings is 2. The molecule has 0 saturated carbocycles. The van der Waals surface area contributed by atoms with Gasteiger partial charge in [-0.2, -0.15) is 5.26 Å². The van der Waals surface area contributed by atoms with Crippen molar-refractivity contribution in [1.82, 2.24) is 0 Å². The number of rotatable bonds is 2. The lowest BCUT2D eigenvalue weighted by atomic mass is 10.1. The van der Waals surface area contributed by atoms with Gasteiger partial charge in [0.1, 0.15) is 6.07 Å².